The first-order valence-electron chi connectivity index (χ1n) is 7.42. The van der Waals surface area contributed by atoms with Crippen LogP contribution in [0.3, 0.4) is 0 Å². The Hall–Kier alpha value is -0.980. The Balaban J connectivity index is 1.72. The van der Waals surface area contributed by atoms with E-state index in [2.05, 4.69) is 10.1 Å². The van der Waals surface area contributed by atoms with Gasteiger partial charge >= 0.3 is 0 Å². The molecule has 2 N–H and O–H groups in total. The van der Waals surface area contributed by atoms with Crippen LogP contribution >= 0.6 is 0 Å². The van der Waals surface area contributed by atoms with Gasteiger partial charge in [0, 0.05) is 19.4 Å². The molecule has 0 bridgehead atoms. The highest BCUT2D eigenvalue weighted by atomic mass is 16.5. The minimum atomic E-state index is 0.411. The smallest absolute Gasteiger partial charge is 0.229 e. The number of hydrogen-bond donors (Lipinski definition) is 1. The molecule has 2 rings (SSSR count). The van der Waals surface area contributed by atoms with Crippen LogP contribution in [-0.4, -0.2) is 43.6 Å². The van der Waals surface area contributed by atoms with Crippen molar-refractivity contribution in [3.63, 3.8) is 0 Å². The molecule has 0 aromatic carbocycles. The summed E-state index contributed by atoms with van der Waals surface area (Å²) in [7, 11) is 1.66. The van der Waals surface area contributed by atoms with Gasteiger partial charge in [0.05, 0.1) is 19.8 Å². The molecular weight excluding hydrogens is 258 g/mol. The van der Waals surface area contributed by atoms with E-state index in [1.165, 1.54) is 12.8 Å². The van der Waals surface area contributed by atoms with Crippen LogP contribution in [0.15, 0.2) is 4.52 Å². The topological polar surface area (TPSA) is 83.4 Å². The van der Waals surface area contributed by atoms with Gasteiger partial charge in [-0.2, -0.15) is 4.98 Å². The average Bonchev–Trinajstić information content (AvgIpc) is 2.96. The molecule has 1 aromatic heterocycles. The number of aromatic nitrogens is 2. The van der Waals surface area contributed by atoms with Gasteiger partial charge in [0.1, 0.15) is 0 Å². The second kappa shape index (κ2) is 8.34. The number of hydrogen-bond acceptors (Lipinski definition) is 6. The Bertz CT molecular complexity index is 375. The summed E-state index contributed by atoms with van der Waals surface area (Å²) in [6.45, 7) is 2.61. The molecule has 6 nitrogen and oxygen atoms in total. The van der Waals surface area contributed by atoms with Crippen LogP contribution in [-0.2, 0) is 15.9 Å². The van der Waals surface area contributed by atoms with E-state index in [0.717, 1.165) is 31.1 Å². The molecule has 0 saturated heterocycles. The quantitative estimate of drug-likeness (QED) is 0.728. The van der Waals surface area contributed by atoms with Gasteiger partial charge in [-0.1, -0.05) is 5.16 Å². The number of nitrogens with zero attached hydrogens (tertiary/aromatic N) is 2. The fourth-order valence-corrected chi connectivity index (χ4v) is 2.59. The van der Waals surface area contributed by atoms with Crippen molar-refractivity contribution < 1.29 is 14.0 Å². The summed E-state index contributed by atoms with van der Waals surface area (Å²) >= 11 is 0. The van der Waals surface area contributed by atoms with Gasteiger partial charge in [0.2, 0.25) is 5.89 Å². The maximum atomic E-state index is 5.71. The van der Waals surface area contributed by atoms with Crippen LogP contribution in [0.25, 0.3) is 0 Å². The molecule has 1 aliphatic rings. The lowest BCUT2D eigenvalue weighted by Gasteiger charge is -2.24. The Labute approximate surface area is 120 Å². The third-order valence-electron chi connectivity index (χ3n) is 3.91. The van der Waals surface area contributed by atoms with Gasteiger partial charge in [-0.25, -0.2) is 0 Å². The molecule has 0 unspecified atom stereocenters. The van der Waals surface area contributed by atoms with E-state index in [4.69, 9.17) is 19.7 Å². The van der Waals surface area contributed by atoms with E-state index in [1.807, 2.05) is 0 Å². The Morgan fingerprint density at radius 3 is 2.70 bits per heavy atom. The molecule has 114 valence electrons. The molecular formula is C14H25N3O3. The normalized spacial score (nSPS) is 23.1. The molecule has 0 radical (unpaired) electrons. The summed E-state index contributed by atoms with van der Waals surface area (Å²) in [5.74, 6) is 2.60. The first-order valence-corrected chi connectivity index (χ1v) is 7.42. The predicted molar refractivity (Wildman–Crippen MR) is 74.5 cm³/mol. The first kappa shape index (κ1) is 15.4. The predicted octanol–water partition coefficient (Wildman–Crippen LogP) is 1.51. The van der Waals surface area contributed by atoms with E-state index >= 15 is 0 Å². The molecule has 0 amide bonds. The SMILES string of the molecule is COCCOCCc1noc(C2CCC(CN)CC2)n1. The van der Waals surface area contributed by atoms with E-state index < -0.39 is 0 Å². The maximum Gasteiger partial charge on any atom is 0.229 e. The monoisotopic (exact) mass is 283 g/mol. The number of rotatable bonds is 8. The summed E-state index contributed by atoms with van der Waals surface area (Å²) < 4.78 is 15.7. The highest BCUT2D eigenvalue weighted by Gasteiger charge is 2.25. The van der Waals surface area contributed by atoms with Crippen LogP contribution in [0.4, 0.5) is 0 Å². The van der Waals surface area contributed by atoms with Gasteiger partial charge in [0.15, 0.2) is 5.82 Å². The van der Waals surface area contributed by atoms with Crippen molar-refractivity contribution >= 4 is 0 Å². The van der Waals surface area contributed by atoms with E-state index in [1.54, 1.807) is 7.11 Å². The second-order valence-electron chi connectivity index (χ2n) is 5.36. The average molecular weight is 283 g/mol. The molecule has 1 aliphatic carbocycles. The zero-order valence-electron chi connectivity index (χ0n) is 12.2. The Kier molecular flexibility index (Phi) is 6.42. The number of ether oxygens (including phenoxy) is 2. The standard InChI is InChI=1S/C14H25N3O3/c1-18-8-9-19-7-6-13-16-14(20-17-13)12-4-2-11(10-15)3-5-12/h11-12H,2-10,15H2,1H3. The zero-order chi connectivity index (χ0) is 14.2. The van der Waals surface area contributed by atoms with E-state index in [0.29, 0.717) is 38.1 Å². The van der Waals surface area contributed by atoms with E-state index in [-0.39, 0.29) is 0 Å². The lowest BCUT2D eigenvalue weighted by molar-refractivity contribution is 0.0714. The lowest BCUT2D eigenvalue weighted by atomic mass is 9.82. The molecule has 20 heavy (non-hydrogen) atoms. The fourth-order valence-electron chi connectivity index (χ4n) is 2.59. The minimum absolute atomic E-state index is 0.411. The number of methoxy groups -OCH3 is 1. The van der Waals surface area contributed by atoms with Crippen molar-refractivity contribution in [3.05, 3.63) is 11.7 Å². The van der Waals surface area contributed by atoms with Gasteiger partial charge in [-0.05, 0) is 38.1 Å². The van der Waals surface area contributed by atoms with Gasteiger partial charge in [-0.15, -0.1) is 0 Å². The summed E-state index contributed by atoms with van der Waals surface area (Å²) in [5, 5.41) is 4.03. The molecule has 0 atom stereocenters. The second-order valence-corrected chi connectivity index (χ2v) is 5.36. The molecule has 6 heteroatoms. The summed E-state index contributed by atoms with van der Waals surface area (Å²) in [5.41, 5.74) is 5.71. The van der Waals surface area contributed by atoms with Crippen LogP contribution in [0.2, 0.25) is 0 Å². The van der Waals surface area contributed by atoms with Crippen LogP contribution in [0.5, 0.6) is 0 Å². The maximum absolute atomic E-state index is 5.71. The van der Waals surface area contributed by atoms with Crippen molar-refractivity contribution in [2.75, 3.05) is 33.5 Å². The molecule has 1 aromatic rings. The van der Waals surface area contributed by atoms with Crippen LogP contribution < -0.4 is 5.73 Å². The third-order valence-corrected chi connectivity index (χ3v) is 3.91. The molecule has 1 fully saturated rings. The Morgan fingerprint density at radius 1 is 1.20 bits per heavy atom. The first-order chi connectivity index (χ1) is 9.83. The summed E-state index contributed by atoms with van der Waals surface area (Å²) in [6, 6.07) is 0. The highest BCUT2D eigenvalue weighted by molar-refractivity contribution is 4.96. The van der Waals surface area contributed by atoms with Crippen molar-refractivity contribution in [2.24, 2.45) is 11.7 Å². The molecule has 1 saturated carbocycles. The minimum Gasteiger partial charge on any atom is -0.382 e. The van der Waals surface area contributed by atoms with Gasteiger partial charge in [-0.3, -0.25) is 0 Å². The third kappa shape index (κ3) is 4.54. The highest BCUT2D eigenvalue weighted by Crippen LogP contribution is 2.34. The molecule has 0 spiro atoms. The summed E-state index contributed by atoms with van der Waals surface area (Å²) in [6.07, 6.45) is 5.23. The lowest BCUT2D eigenvalue weighted by Crippen LogP contribution is -2.20. The number of nitrogens with two attached hydrogens (primary N) is 1. The van der Waals surface area contributed by atoms with Crippen molar-refractivity contribution in [1.29, 1.82) is 0 Å². The van der Waals surface area contributed by atoms with Crippen LogP contribution in [0, 0.1) is 5.92 Å². The van der Waals surface area contributed by atoms with Gasteiger partial charge < -0.3 is 19.7 Å². The van der Waals surface area contributed by atoms with Crippen molar-refractivity contribution in [2.45, 2.75) is 38.0 Å². The van der Waals surface area contributed by atoms with Gasteiger partial charge in [0.25, 0.3) is 0 Å². The summed E-state index contributed by atoms with van der Waals surface area (Å²) in [4.78, 5) is 4.48. The fraction of sp³-hybridized carbons (Fsp3) is 0.857. The zero-order valence-corrected chi connectivity index (χ0v) is 12.2. The molecule has 0 aliphatic heterocycles. The van der Waals surface area contributed by atoms with E-state index in [9.17, 15) is 0 Å². The largest absolute Gasteiger partial charge is 0.382 e. The Morgan fingerprint density at radius 2 is 2.00 bits per heavy atom. The molecule has 1 heterocycles. The van der Waals surface area contributed by atoms with Crippen molar-refractivity contribution in [1.82, 2.24) is 10.1 Å². The van der Waals surface area contributed by atoms with Crippen LogP contribution in [0.1, 0.15) is 43.3 Å². The van der Waals surface area contributed by atoms with Crippen molar-refractivity contribution in [3.8, 4) is 0 Å².